The van der Waals surface area contributed by atoms with Crippen LogP contribution in [0, 0.1) is 0 Å². The molecule has 38 valence electrons. The lowest BCUT2D eigenvalue weighted by molar-refractivity contribution is 0.590. The van der Waals surface area contributed by atoms with Gasteiger partial charge in [-0.25, -0.2) is 0 Å². The van der Waals surface area contributed by atoms with Crippen molar-refractivity contribution >= 4 is 33.7 Å². The van der Waals surface area contributed by atoms with E-state index >= 15 is 0 Å². The van der Waals surface area contributed by atoms with Crippen molar-refractivity contribution in [3.05, 3.63) is 0 Å². The van der Waals surface area contributed by atoms with Crippen LogP contribution in [0.25, 0.3) is 0 Å². The zero-order valence-corrected chi connectivity index (χ0v) is 6.55. The fraction of sp³-hybridized carbons (Fsp3) is 1.00. The lowest BCUT2D eigenvalue weighted by Gasteiger charge is -1.90. The van der Waals surface area contributed by atoms with Crippen LogP contribution in [0.3, 0.4) is 0 Å². The Kier molecular flexibility index (Phi) is 2.73. The van der Waals surface area contributed by atoms with Crippen molar-refractivity contribution < 1.29 is 4.57 Å². The Labute approximate surface area is 50.4 Å². The highest BCUT2D eigenvalue weighted by Gasteiger charge is 2.03. The zero-order valence-electron chi connectivity index (χ0n) is 3.32. The lowest BCUT2D eigenvalue weighted by atomic mass is 11.9. The molecule has 0 aliphatic heterocycles. The fourth-order valence-electron chi connectivity index (χ4n) is 0. The summed E-state index contributed by atoms with van der Waals surface area (Å²) in [4.78, 5) is 0. The van der Waals surface area contributed by atoms with E-state index in [2.05, 4.69) is 15.9 Å². The molecule has 0 heterocycles. The van der Waals surface area contributed by atoms with Crippen LogP contribution in [-0.2, 0) is 4.57 Å². The van der Waals surface area contributed by atoms with Gasteiger partial charge in [0.2, 0.25) is 0 Å². The second-order valence-corrected chi connectivity index (χ2v) is 6.96. The van der Waals surface area contributed by atoms with E-state index in [0.29, 0.717) is 5.07 Å². The number of hydrogen-bond acceptors (Lipinski definition) is 1. The van der Waals surface area contributed by atoms with E-state index in [1.165, 1.54) is 6.66 Å². The molecule has 1 atom stereocenters. The molecule has 4 heteroatoms. The van der Waals surface area contributed by atoms with Crippen LogP contribution in [-0.4, -0.2) is 11.7 Å². The first-order valence-corrected chi connectivity index (χ1v) is 5.75. The average molecular weight is 191 g/mol. The Morgan fingerprint density at radius 1 is 2.00 bits per heavy atom. The SMILES string of the molecule is CP(=O)(Cl)CBr. The maximum absolute atomic E-state index is 10.3. The Morgan fingerprint density at radius 2 is 2.17 bits per heavy atom. The van der Waals surface area contributed by atoms with Gasteiger partial charge in [0.1, 0.15) is 0 Å². The molecule has 0 fully saturated rings. The van der Waals surface area contributed by atoms with Crippen LogP contribution >= 0.6 is 33.7 Å². The maximum Gasteiger partial charge on any atom is 0.176 e. The summed E-state index contributed by atoms with van der Waals surface area (Å²) in [6, 6.07) is 0. The normalized spacial score (nSPS) is 19.8. The van der Waals surface area contributed by atoms with E-state index < -0.39 is 6.49 Å². The van der Waals surface area contributed by atoms with Crippen LogP contribution in [0.4, 0.5) is 0 Å². The molecular formula is C2H5BrClOP. The van der Waals surface area contributed by atoms with Gasteiger partial charge in [0, 0.05) is 6.66 Å². The predicted molar refractivity (Wildman–Crippen MR) is 33.2 cm³/mol. The highest BCUT2D eigenvalue weighted by molar-refractivity contribution is 9.10. The standard InChI is InChI=1S/C2H5BrClOP/c1-6(4,5)2-3/h2H2,1H3. The van der Waals surface area contributed by atoms with Gasteiger partial charge in [-0.3, -0.25) is 0 Å². The molecule has 0 N–H and O–H groups in total. The van der Waals surface area contributed by atoms with Gasteiger partial charge in [0.25, 0.3) is 0 Å². The molecule has 0 aliphatic carbocycles. The smallest absolute Gasteiger partial charge is 0.176 e. The lowest BCUT2D eigenvalue weighted by Crippen LogP contribution is -1.61. The Morgan fingerprint density at radius 3 is 2.17 bits per heavy atom. The molecule has 0 rings (SSSR count). The topological polar surface area (TPSA) is 17.1 Å². The molecule has 0 aromatic carbocycles. The Balaban J connectivity index is 3.48. The molecule has 0 bridgehead atoms. The third kappa shape index (κ3) is 5.00. The minimum Gasteiger partial charge on any atom is -0.306 e. The number of alkyl halides is 1. The molecular weight excluding hydrogens is 186 g/mol. The Hall–Kier alpha value is 1.00. The third-order valence-corrected chi connectivity index (χ3v) is 4.74. The minimum atomic E-state index is -2.26. The van der Waals surface area contributed by atoms with Crippen molar-refractivity contribution in [3.63, 3.8) is 0 Å². The monoisotopic (exact) mass is 190 g/mol. The van der Waals surface area contributed by atoms with E-state index in [4.69, 9.17) is 11.2 Å². The molecule has 0 saturated heterocycles. The van der Waals surface area contributed by atoms with Gasteiger partial charge >= 0.3 is 0 Å². The van der Waals surface area contributed by atoms with E-state index in [-0.39, 0.29) is 0 Å². The van der Waals surface area contributed by atoms with E-state index in [9.17, 15) is 4.57 Å². The molecule has 0 radical (unpaired) electrons. The number of rotatable bonds is 1. The average Bonchev–Trinajstić information content (AvgIpc) is 1.35. The summed E-state index contributed by atoms with van der Waals surface area (Å²) in [5, 5.41) is 0.404. The van der Waals surface area contributed by atoms with Gasteiger partial charge < -0.3 is 4.57 Å². The van der Waals surface area contributed by atoms with Gasteiger partial charge in [-0.1, -0.05) is 27.2 Å². The molecule has 0 amide bonds. The summed E-state index contributed by atoms with van der Waals surface area (Å²) in [6.07, 6.45) is 0. The van der Waals surface area contributed by atoms with Gasteiger partial charge in [-0.2, -0.15) is 0 Å². The summed E-state index contributed by atoms with van der Waals surface area (Å²) in [7, 11) is 0. The minimum absolute atomic E-state index is 0.404. The zero-order chi connectivity index (χ0) is 5.21. The van der Waals surface area contributed by atoms with Crippen LogP contribution in [0.2, 0.25) is 0 Å². The van der Waals surface area contributed by atoms with Gasteiger partial charge in [-0.15, -0.1) is 0 Å². The predicted octanol–water partition coefficient (Wildman–Crippen LogP) is 2.49. The molecule has 0 spiro atoms. The van der Waals surface area contributed by atoms with Crippen molar-refractivity contribution in [2.45, 2.75) is 0 Å². The molecule has 6 heavy (non-hydrogen) atoms. The van der Waals surface area contributed by atoms with Crippen molar-refractivity contribution in [2.75, 3.05) is 11.7 Å². The van der Waals surface area contributed by atoms with E-state index in [1.54, 1.807) is 0 Å². The highest BCUT2D eigenvalue weighted by atomic mass is 79.9. The first kappa shape index (κ1) is 7.00. The largest absolute Gasteiger partial charge is 0.306 e. The van der Waals surface area contributed by atoms with Gasteiger partial charge in [0.05, 0.1) is 5.07 Å². The van der Waals surface area contributed by atoms with Crippen molar-refractivity contribution in [3.8, 4) is 0 Å². The van der Waals surface area contributed by atoms with Crippen LogP contribution in [0.15, 0.2) is 0 Å². The van der Waals surface area contributed by atoms with E-state index in [1.807, 2.05) is 0 Å². The number of halogens is 2. The summed E-state index contributed by atoms with van der Waals surface area (Å²) >= 11 is 8.20. The quantitative estimate of drug-likeness (QED) is 0.460. The molecule has 0 saturated carbocycles. The first-order valence-electron chi connectivity index (χ1n) is 1.38. The highest BCUT2D eigenvalue weighted by Crippen LogP contribution is 2.48. The summed E-state index contributed by atoms with van der Waals surface area (Å²) in [5.74, 6) is 0. The summed E-state index contributed by atoms with van der Waals surface area (Å²) in [5.41, 5.74) is 0. The second kappa shape index (κ2) is 2.34. The third-order valence-electron chi connectivity index (χ3n) is 0.213. The van der Waals surface area contributed by atoms with Crippen molar-refractivity contribution in [1.82, 2.24) is 0 Å². The fourth-order valence-corrected chi connectivity index (χ4v) is 0. The molecule has 1 nitrogen and oxygen atoms in total. The van der Waals surface area contributed by atoms with E-state index in [0.717, 1.165) is 0 Å². The molecule has 0 aliphatic rings. The van der Waals surface area contributed by atoms with Crippen molar-refractivity contribution in [1.29, 1.82) is 0 Å². The number of hydrogen-bond donors (Lipinski definition) is 0. The molecule has 0 aromatic rings. The molecule has 0 aromatic heterocycles. The first-order chi connectivity index (χ1) is 2.56. The summed E-state index contributed by atoms with van der Waals surface area (Å²) in [6.45, 7) is -0.741. The second-order valence-electron chi connectivity index (χ2n) is 1.10. The Bertz CT molecular complexity index is 77.6. The van der Waals surface area contributed by atoms with Crippen LogP contribution in [0.5, 0.6) is 0 Å². The maximum atomic E-state index is 10.3. The van der Waals surface area contributed by atoms with Gasteiger partial charge in [0.15, 0.2) is 6.49 Å². The van der Waals surface area contributed by atoms with Crippen LogP contribution < -0.4 is 0 Å². The summed E-state index contributed by atoms with van der Waals surface area (Å²) < 4.78 is 10.3. The molecule has 1 unspecified atom stereocenters. The van der Waals surface area contributed by atoms with Crippen LogP contribution in [0.1, 0.15) is 0 Å². The van der Waals surface area contributed by atoms with Crippen molar-refractivity contribution in [2.24, 2.45) is 0 Å². The van der Waals surface area contributed by atoms with Gasteiger partial charge in [-0.05, 0) is 0 Å².